The first-order valence-electron chi connectivity index (χ1n) is 6.03. The highest BCUT2D eigenvalue weighted by Gasteiger charge is 2.18. The molecule has 0 saturated heterocycles. The number of hydrogen-bond acceptors (Lipinski definition) is 3. The summed E-state index contributed by atoms with van der Waals surface area (Å²) in [4.78, 5) is 11.1. The van der Waals surface area contributed by atoms with Crippen LogP contribution in [0.3, 0.4) is 0 Å². The molecule has 17 heavy (non-hydrogen) atoms. The van der Waals surface area contributed by atoms with Crippen molar-refractivity contribution in [1.82, 2.24) is 0 Å². The molecule has 0 unspecified atom stereocenters. The van der Waals surface area contributed by atoms with E-state index in [1.165, 1.54) is 0 Å². The van der Waals surface area contributed by atoms with Gasteiger partial charge in [0.2, 0.25) is 0 Å². The van der Waals surface area contributed by atoms with Crippen LogP contribution in [0.15, 0.2) is 24.3 Å². The fraction of sp³-hybridized carbons (Fsp3) is 0.429. The highest BCUT2D eigenvalue weighted by molar-refractivity contribution is 5.79. The Morgan fingerprint density at radius 2 is 1.88 bits per heavy atom. The summed E-state index contributed by atoms with van der Waals surface area (Å²) in [5, 5.41) is 12.0. The summed E-state index contributed by atoms with van der Waals surface area (Å²) in [6, 6.07) is 9.57. The van der Waals surface area contributed by atoms with Crippen LogP contribution in [0.25, 0.3) is 0 Å². The minimum Gasteiger partial charge on any atom is -0.385 e. The molecule has 3 heteroatoms. The third kappa shape index (κ3) is 3.32. The van der Waals surface area contributed by atoms with Gasteiger partial charge in [0.1, 0.15) is 5.78 Å². The SMILES string of the molecule is N#Cc1ccc(NCC2CCC(=O)CC2)cc1. The Morgan fingerprint density at radius 3 is 2.47 bits per heavy atom. The van der Waals surface area contributed by atoms with Crippen molar-refractivity contribution in [3.8, 4) is 6.07 Å². The van der Waals surface area contributed by atoms with E-state index in [1.54, 1.807) is 0 Å². The summed E-state index contributed by atoms with van der Waals surface area (Å²) in [6.07, 6.45) is 3.48. The number of hydrogen-bond donors (Lipinski definition) is 1. The standard InChI is InChI=1S/C14H16N2O/c15-9-11-1-5-13(6-2-11)16-10-12-3-7-14(17)8-4-12/h1-2,5-6,12,16H,3-4,7-8,10H2. The molecule has 0 spiro atoms. The van der Waals surface area contributed by atoms with Crippen molar-refractivity contribution in [3.05, 3.63) is 29.8 Å². The molecule has 1 aromatic carbocycles. The largest absolute Gasteiger partial charge is 0.385 e. The molecule has 0 aliphatic heterocycles. The average molecular weight is 228 g/mol. The van der Waals surface area contributed by atoms with E-state index in [1.807, 2.05) is 24.3 Å². The van der Waals surface area contributed by atoms with E-state index in [4.69, 9.17) is 5.26 Å². The number of carbonyl (C=O) groups excluding carboxylic acids is 1. The molecule has 88 valence electrons. The van der Waals surface area contributed by atoms with Gasteiger partial charge in [-0.1, -0.05) is 0 Å². The molecule has 2 rings (SSSR count). The molecule has 0 amide bonds. The van der Waals surface area contributed by atoms with Gasteiger partial charge in [-0.15, -0.1) is 0 Å². The topological polar surface area (TPSA) is 52.9 Å². The van der Waals surface area contributed by atoms with Gasteiger partial charge in [0.15, 0.2) is 0 Å². The molecule has 1 fully saturated rings. The third-order valence-corrected chi connectivity index (χ3v) is 3.27. The van der Waals surface area contributed by atoms with Gasteiger partial charge in [0.05, 0.1) is 11.6 Å². The van der Waals surface area contributed by atoms with Gasteiger partial charge in [-0.3, -0.25) is 4.79 Å². The molecule has 0 radical (unpaired) electrons. The smallest absolute Gasteiger partial charge is 0.132 e. The van der Waals surface area contributed by atoms with E-state index in [2.05, 4.69) is 11.4 Å². The third-order valence-electron chi connectivity index (χ3n) is 3.27. The Morgan fingerprint density at radius 1 is 1.24 bits per heavy atom. The number of nitriles is 1. The number of nitrogens with one attached hydrogen (secondary N) is 1. The van der Waals surface area contributed by atoms with E-state index in [9.17, 15) is 4.79 Å². The van der Waals surface area contributed by atoms with E-state index in [-0.39, 0.29) is 0 Å². The van der Waals surface area contributed by atoms with Crippen LogP contribution in [0, 0.1) is 17.2 Å². The molecule has 1 saturated carbocycles. The summed E-state index contributed by atoms with van der Waals surface area (Å²) < 4.78 is 0. The molecule has 0 heterocycles. The lowest BCUT2D eigenvalue weighted by Gasteiger charge is -2.21. The highest BCUT2D eigenvalue weighted by atomic mass is 16.1. The maximum atomic E-state index is 11.1. The van der Waals surface area contributed by atoms with Crippen molar-refractivity contribution < 1.29 is 4.79 Å². The van der Waals surface area contributed by atoms with Gasteiger partial charge in [0.25, 0.3) is 0 Å². The summed E-state index contributed by atoms with van der Waals surface area (Å²) in [5.41, 5.74) is 1.72. The van der Waals surface area contributed by atoms with Crippen LogP contribution in [0.4, 0.5) is 5.69 Å². The van der Waals surface area contributed by atoms with Gasteiger partial charge in [-0.25, -0.2) is 0 Å². The molecule has 0 aromatic heterocycles. The van der Waals surface area contributed by atoms with Crippen molar-refractivity contribution in [1.29, 1.82) is 5.26 Å². The normalized spacial score (nSPS) is 16.5. The maximum Gasteiger partial charge on any atom is 0.132 e. The Kier molecular flexibility index (Phi) is 3.77. The first-order valence-corrected chi connectivity index (χ1v) is 6.03. The van der Waals surface area contributed by atoms with Crippen molar-refractivity contribution >= 4 is 11.5 Å². The Labute approximate surface area is 101 Å². The van der Waals surface area contributed by atoms with E-state index in [0.717, 1.165) is 37.9 Å². The molecule has 1 aliphatic rings. The molecule has 1 aliphatic carbocycles. The van der Waals surface area contributed by atoms with Gasteiger partial charge >= 0.3 is 0 Å². The quantitative estimate of drug-likeness (QED) is 0.865. The number of carbonyl (C=O) groups is 1. The zero-order valence-electron chi connectivity index (χ0n) is 9.78. The lowest BCUT2D eigenvalue weighted by Crippen LogP contribution is -2.20. The van der Waals surface area contributed by atoms with Crippen LogP contribution in [0.1, 0.15) is 31.2 Å². The van der Waals surface area contributed by atoms with Crippen LogP contribution >= 0.6 is 0 Å². The number of benzene rings is 1. The number of rotatable bonds is 3. The number of ketones is 1. The highest BCUT2D eigenvalue weighted by Crippen LogP contribution is 2.22. The molecular formula is C14H16N2O. The second kappa shape index (κ2) is 5.49. The van der Waals surface area contributed by atoms with E-state index >= 15 is 0 Å². The van der Waals surface area contributed by atoms with Crippen LogP contribution in [0.2, 0.25) is 0 Å². The zero-order valence-corrected chi connectivity index (χ0v) is 9.78. The second-order valence-electron chi connectivity index (χ2n) is 4.55. The lowest BCUT2D eigenvalue weighted by atomic mass is 9.88. The number of Topliss-reactive ketones (excluding diaryl/α,β-unsaturated/α-hetero) is 1. The summed E-state index contributed by atoms with van der Waals surface area (Å²) in [7, 11) is 0. The molecule has 0 bridgehead atoms. The predicted molar refractivity (Wildman–Crippen MR) is 66.6 cm³/mol. The Bertz CT molecular complexity index is 421. The van der Waals surface area contributed by atoms with Crippen molar-refractivity contribution in [2.24, 2.45) is 5.92 Å². The lowest BCUT2D eigenvalue weighted by molar-refractivity contribution is -0.120. The van der Waals surface area contributed by atoms with Gasteiger partial charge in [-0.05, 0) is 43.0 Å². The first kappa shape index (κ1) is 11.7. The van der Waals surface area contributed by atoms with Crippen LogP contribution < -0.4 is 5.32 Å². The minimum atomic E-state index is 0.402. The summed E-state index contributed by atoms with van der Waals surface area (Å²) in [5.74, 6) is 1.00. The van der Waals surface area contributed by atoms with E-state index in [0.29, 0.717) is 17.3 Å². The molecule has 1 aromatic rings. The van der Waals surface area contributed by atoms with Crippen molar-refractivity contribution in [2.45, 2.75) is 25.7 Å². The molecular weight excluding hydrogens is 212 g/mol. The maximum absolute atomic E-state index is 11.1. The van der Waals surface area contributed by atoms with Crippen molar-refractivity contribution in [3.63, 3.8) is 0 Å². The first-order chi connectivity index (χ1) is 8.28. The second-order valence-corrected chi connectivity index (χ2v) is 4.55. The van der Waals surface area contributed by atoms with Crippen molar-refractivity contribution in [2.75, 3.05) is 11.9 Å². The minimum absolute atomic E-state index is 0.402. The van der Waals surface area contributed by atoms with Crippen LogP contribution in [-0.4, -0.2) is 12.3 Å². The fourth-order valence-corrected chi connectivity index (χ4v) is 2.13. The number of nitrogens with zero attached hydrogens (tertiary/aromatic N) is 1. The zero-order chi connectivity index (χ0) is 12.1. The van der Waals surface area contributed by atoms with Gasteiger partial charge in [-0.2, -0.15) is 5.26 Å². The predicted octanol–water partition coefficient (Wildman–Crippen LogP) is 2.73. The van der Waals surface area contributed by atoms with E-state index < -0.39 is 0 Å². The van der Waals surface area contributed by atoms with Crippen LogP contribution in [0.5, 0.6) is 0 Å². The summed E-state index contributed by atoms with van der Waals surface area (Å²) >= 11 is 0. The van der Waals surface area contributed by atoms with Gasteiger partial charge < -0.3 is 5.32 Å². The summed E-state index contributed by atoms with van der Waals surface area (Å²) in [6.45, 7) is 0.916. The van der Waals surface area contributed by atoms with Gasteiger partial charge in [0, 0.05) is 25.1 Å². The molecule has 3 nitrogen and oxygen atoms in total. The Balaban J connectivity index is 1.81. The molecule has 1 N–H and O–H groups in total. The van der Waals surface area contributed by atoms with Crippen LogP contribution in [-0.2, 0) is 4.79 Å². The molecule has 0 atom stereocenters. The fourth-order valence-electron chi connectivity index (χ4n) is 2.13. The number of anilines is 1. The monoisotopic (exact) mass is 228 g/mol. The average Bonchev–Trinajstić information content (AvgIpc) is 2.39. The Hall–Kier alpha value is -1.82.